The number of hydrogen-bond acceptors (Lipinski definition) is 2. The van der Waals surface area contributed by atoms with Crippen LogP contribution in [0.15, 0.2) is 18.2 Å². The minimum absolute atomic E-state index is 0.281. The molecule has 2 N–H and O–H groups in total. The third-order valence-corrected chi connectivity index (χ3v) is 2.78. The summed E-state index contributed by atoms with van der Waals surface area (Å²) in [6, 6.07) is 2.03. The quantitative estimate of drug-likeness (QED) is 0.791. The van der Waals surface area contributed by atoms with Gasteiger partial charge >= 0.3 is 6.18 Å². The maximum Gasteiger partial charge on any atom is 0.416 e. The number of anilines is 1. The molecule has 1 aromatic rings. The van der Waals surface area contributed by atoms with Gasteiger partial charge in [0.2, 0.25) is 5.91 Å². The fourth-order valence-electron chi connectivity index (χ4n) is 1.58. The number of rotatable bonds is 6. The van der Waals surface area contributed by atoms with Crippen LogP contribution < -0.4 is 10.6 Å². The number of benzene rings is 1. The van der Waals surface area contributed by atoms with Crippen molar-refractivity contribution in [1.29, 1.82) is 0 Å². The summed E-state index contributed by atoms with van der Waals surface area (Å²) < 4.78 is 50.9. The van der Waals surface area contributed by atoms with Crippen molar-refractivity contribution in [2.24, 2.45) is 5.92 Å². The minimum atomic E-state index is -4.55. The Labute approximate surface area is 120 Å². The number of nitrogens with one attached hydrogen (secondary N) is 2. The maximum atomic E-state index is 13.4. The summed E-state index contributed by atoms with van der Waals surface area (Å²) in [5, 5.41) is 4.98. The third kappa shape index (κ3) is 6.01. The van der Waals surface area contributed by atoms with Gasteiger partial charge in [-0.25, -0.2) is 4.39 Å². The lowest BCUT2D eigenvalue weighted by Gasteiger charge is -2.12. The van der Waals surface area contributed by atoms with Gasteiger partial charge in [-0.1, -0.05) is 13.8 Å². The topological polar surface area (TPSA) is 41.1 Å². The molecule has 1 rings (SSSR count). The third-order valence-electron chi connectivity index (χ3n) is 2.78. The molecule has 0 aliphatic carbocycles. The van der Waals surface area contributed by atoms with E-state index in [1.165, 1.54) is 0 Å². The van der Waals surface area contributed by atoms with E-state index in [4.69, 9.17) is 0 Å². The molecule has 0 aliphatic rings. The highest BCUT2D eigenvalue weighted by Crippen LogP contribution is 2.31. The smallest absolute Gasteiger partial charge is 0.374 e. The number of hydrogen-bond donors (Lipinski definition) is 2. The van der Waals surface area contributed by atoms with Gasteiger partial charge in [-0.2, -0.15) is 13.2 Å². The summed E-state index contributed by atoms with van der Waals surface area (Å²) in [5.41, 5.74) is -1.31. The molecule has 0 fully saturated rings. The first kappa shape index (κ1) is 17.3. The number of carbonyl (C=O) groups excluding carboxylic acids is 1. The van der Waals surface area contributed by atoms with E-state index in [1.54, 1.807) is 0 Å². The van der Waals surface area contributed by atoms with Gasteiger partial charge in [0.1, 0.15) is 5.82 Å². The van der Waals surface area contributed by atoms with Crippen molar-refractivity contribution in [3.05, 3.63) is 29.6 Å². The van der Waals surface area contributed by atoms with Crippen molar-refractivity contribution in [2.45, 2.75) is 26.4 Å². The molecule has 1 amide bonds. The Bertz CT molecular complexity index is 486. The summed E-state index contributed by atoms with van der Waals surface area (Å²) in [6.45, 7) is 4.20. The second-order valence-electron chi connectivity index (χ2n) is 5.08. The van der Waals surface area contributed by atoms with Crippen LogP contribution in [-0.4, -0.2) is 19.0 Å². The van der Waals surface area contributed by atoms with E-state index < -0.39 is 23.5 Å². The number of amides is 1. The molecule has 3 nitrogen and oxygen atoms in total. The largest absolute Gasteiger partial charge is 0.416 e. The van der Waals surface area contributed by atoms with Gasteiger partial charge in [-0.05, 0) is 30.5 Å². The molecule has 0 aromatic heterocycles. The van der Waals surface area contributed by atoms with Crippen molar-refractivity contribution in [1.82, 2.24) is 5.32 Å². The molecular weight excluding hydrogens is 288 g/mol. The zero-order valence-electron chi connectivity index (χ0n) is 11.9. The first-order valence-corrected chi connectivity index (χ1v) is 6.57. The fraction of sp³-hybridized carbons (Fsp3) is 0.500. The lowest BCUT2D eigenvalue weighted by atomic mass is 10.1. The Morgan fingerprint density at radius 3 is 2.52 bits per heavy atom. The summed E-state index contributed by atoms with van der Waals surface area (Å²) in [7, 11) is 0. The summed E-state index contributed by atoms with van der Waals surface area (Å²) in [6.07, 6.45) is -3.76. The van der Waals surface area contributed by atoms with E-state index in [1.807, 2.05) is 13.8 Å². The van der Waals surface area contributed by atoms with Crippen LogP contribution >= 0.6 is 0 Å². The summed E-state index contributed by atoms with van der Waals surface area (Å²) in [5.74, 6) is -0.801. The molecule has 0 unspecified atom stereocenters. The van der Waals surface area contributed by atoms with Crippen molar-refractivity contribution < 1.29 is 22.4 Å². The molecule has 0 aliphatic heterocycles. The maximum absolute atomic E-state index is 13.4. The van der Waals surface area contributed by atoms with Crippen LogP contribution in [0.1, 0.15) is 25.8 Å². The zero-order valence-corrected chi connectivity index (χ0v) is 11.9. The molecule has 0 radical (unpaired) electrons. The lowest BCUT2D eigenvalue weighted by molar-refractivity contribution is -0.137. The van der Waals surface area contributed by atoms with E-state index in [0.29, 0.717) is 24.6 Å². The highest BCUT2D eigenvalue weighted by molar-refractivity contribution is 5.80. The van der Waals surface area contributed by atoms with Crippen molar-refractivity contribution in [3.8, 4) is 0 Å². The van der Waals surface area contributed by atoms with Crippen LogP contribution in [-0.2, 0) is 11.0 Å². The zero-order chi connectivity index (χ0) is 16.0. The molecular formula is C14H18F4N2O. The van der Waals surface area contributed by atoms with Gasteiger partial charge in [-0.3, -0.25) is 4.79 Å². The molecule has 0 heterocycles. The monoisotopic (exact) mass is 306 g/mol. The van der Waals surface area contributed by atoms with E-state index in [2.05, 4.69) is 10.6 Å². The van der Waals surface area contributed by atoms with Crippen LogP contribution in [0.4, 0.5) is 23.2 Å². The average molecular weight is 306 g/mol. The van der Waals surface area contributed by atoms with Crippen LogP contribution in [0.25, 0.3) is 0 Å². The normalized spacial score (nSPS) is 11.6. The van der Waals surface area contributed by atoms with Gasteiger partial charge in [0.15, 0.2) is 0 Å². The highest BCUT2D eigenvalue weighted by Gasteiger charge is 2.31. The highest BCUT2D eigenvalue weighted by atomic mass is 19.4. The van der Waals surface area contributed by atoms with Gasteiger partial charge < -0.3 is 10.6 Å². The van der Waals surface area contributed by atoms with Gasteiger partial charge in [0.25, 0.3) is 0 Å². The summed E-state index contributed by atoms with van der Waals surface area (Å²) >= 11 is 0. The van der Waals surface area contributed by atoms with Crippen molar-refractivity contribution >= 4 is 11.6 Å². The van der Waals surface area contributed by atoms with Crippen molar-refractivity contribution in [3.63, 3.8) is 0 Å². The standard InChI is InChI=1S/C14H18F4N2O/c1-9(2)5-6-19-13(21)8-20-12-7-10(14(16,17)18)3-4-11(12)15/h3-4,7,9,20H,5-6,8H2,1-2H3,(H,19,21). The predicted octanol–water partition coefficient (Wildman–Crippen LogP) is 3.42. The molecule has 0 spiro atoms. The molecule has 21 heavy (non-hydrogen) atoms. The molecule has 1 aromatic carbocycles. The Hall–Kier alpha value is -1.79. The first-order chi connectivity index (χ1) is 9.70. The van der Waals surface area contributed by atoms with E-state index in [0.717, 1.165) is 12.5 Å². The molecule has 0 saturated heterocycles. The molecule has 0 atom stereocenters. The first-order valence-electron chi connectivity index (χ1n) is 6.57. The fourth-order valence-corrected chi connectivity index (χ4v) is 1.58. The van der Waals surface area contributed by atoms with Crippen molar-refractivity contribution in [2.75, 3.05) is 18.4 Å². The Morgan fingerprint density at radius 1 is 1.29 bits per heavy atom. The number of carbonyl (C=O) groups is 1. The Kier molecular flexibility index (Phi) is 5.99. The van der Waals surface area contributed by atoms with E-state index in [9.17, 15) is 22.4 Å². The SMILES string of the molecule is CC(C)CCNC(=O)CNc1cc(C(F)(F)F)ccc1F. The molecule has 0 bridgehead atoms. The summed E-state index contributed by atoms with van der Waals surface area (Å²) in [4.78, 5) is 11.5. The second-order valence-corrected chi connectivity index (χ2v) is 5.08. The Morgan fingerprint density at radius 2 is 1.95 bits per heavy atom. The van der Waals surface area contributed by atoms with Crippen LogP contribution in [0.3, 0.4) is 0 Å². The van der Waals surface area contributed by atoms with E-state index in [-0.39, 0.29) is 12.2 Å². The average Bonchev–Trinajstić information content (AvgIpc) is 2.36. The van der Waals surface area contributed by atoms with Crippen LogP contribution in [0.2, 0.25) is 0 Å². The minimum Gasteiger partial charge on any atom is -0.374 e. The van der Waals surface area contributed by atoms with E-state index >= 15 is 0 Å². The number of halogens is 4. The van der Waals surface area contributed by atoms with Crippen LogP contribution in [0, 0.1) is 11.7 Å². The second kappa shape index (κ2) is 7.28. The lowest BCUT2D eigenvalue weighted by Crippen LogP contribution is -2.31. The Balaban J connectivity index is 2.57. The van der Waals surface area contributed by atoms with Gasteiger partial charge in [-0.15, -0.1) is 0 Å². The van der Waals surface area contributed by atoms with Crippen LogP contribution in [0.5, 0.6) is 0 Å². The molecule has 118 valence electrons. The van der Waals surface area contributed by atoms with Gasteiger partial charge in [0.05, 0.1) is 17.8 Å². The molecule has 0 saturated carbocycles. The number of alkyl halides is 3. The molecule has 7 heteroatoms. The van der Waals surface area contributed by atoms with Gasteiger partial charge in [0, 0.05) is 6.54 Å². The predicted molar refractivity (Wildman–Crippen MR) is 72.4 cm³/mol.